The quantitative estimate of drug-likeness (QED) is 0.497. The highest BCUT2D eigenvalue weighted by Gasteiger charge is 2.44. The van der Waals surface area contributed by atoms with Crippen LogP contribution in [0, 0.1) is 11.3 Å². The summed E-state index contributed by atoms with van der Waals surface area (Å²) in [5.41, 5.74) is 2.32. The number of ether oxygens (including phenoxy) is 2. The molecule has 34 heavy (non-hydrogen) atoms. The molecular formula is C30H32N2O2. The number of nitrogens with zero attached hydrogens (tertiary/aromatic N) is 2. The van der Waals surface area contributed by atoms with E-state index in [4.69, 9.17) is 9.47 Å². The van der Waals surface area contributed by atoms with Gasteiger partial charge >= 0.3 is 0 Å². The molecule has 2 aliphatic rings. The van der Waals surface area contributed by atoms with Crippen LogP contribution in [0.1, 0.15) is 42.9 Å². The lowest BCUT2D eigenvalue weighted by Crippen LogP contribution is -2.53. The lowest BCUT2D eigenvalue weighted by atomic mass is 9.73. The van der Waals surface area contributed by atoms with Gasteiger partial charge in [-0.15, -0.1) is 0 Å². The molecule has 174 valence electrons. The molecule has 0 aliphatic carbocycles. The van der Waals surface area contributed by atoms with Gasteiger partial charge in [0, 0.05) is 25.2 Å². The summed E-state index contributed by atoms with van der Waals surface area (Å²) >= 11 is 0. The van der Waals surface area contributed by atoms with Crippen LogP contribution in [0.15, 0.2) is 84.9 Å². The molecule has 4 nitrogen and oxygen atoms in total. The predicted molar refractivity (Wildman–Crippen MR) is 134 cm³/mol. The number of nitriles is 1. The first-order valence-electron chi connectivity index (χ1n) is 12.3. The maximum atomic E-state index is 10.5. The third kappa shape index (κ3) is 4.22. The lowest BCUT2D eigenvalue weighted by Gasteiger charge is -2.44. The number of hydrogen-bond acceptors (Lipinski definition) is 4. The number of fused-ring (bicyclic) bond motifs is 1. The van der Waals surface area contributed by atoms with Crippen molar-refractivity contribution in [1.29, 1.82) is 5.26 Å². The molecule has 0 N–H and O–H groups in total. The maximum absolute atomic E-state index is 10.5. The zero-order chi connectivity index (χ0) is 23.4. The molecule has 0 saturated carbocycles. The summed E-state index contributed by atoms with van der Waals surface area (Å²) in [7, 11) is 0. The molecule has 1 spiro atoms. The van der Waals surface area contributed by atoms with E-state index in [0.717, 1.165) is 61.3 Å². The number of hydrogen-bond donors (Lipinski definition) is 0. The van der Waals surface area contributed by atoms with E-state index in [9.17, 15) is 5.26 Å². The summed E-state index contributed by atoms with van der Waals surface area (Å²) in [6.07, 6.45) is 2.62. The van der Waals surface area contributed by atoms with E-state index in [1.165, 1.54) is 0 Å². The van der Waals surface area contributed by atoms with Crippen molar-refractivity contribution in [3.8, 4) is 11.8 Å². The lowest BCUT2D eigenvalue weighted by molar-refractivity contribution is -0.136. The number of benzene rings is 3. The van der Waals surface area contributed by atoms with E-state index in [1.54, 1.807) is 0 Å². The molecule has 2 heterocycles. The molecule has 1 fully saturated rings. The zero-order valence-corrected chi connectivity index (χ0v) is 19.8. The number of rotatable bonds is 5. The fourth-order valence-corrected chi connectivity index (χ4v) is 5.49. The van der Waals surface area contributed by atoms with Crippen LogP contribution in [0.3, 0.4) is 0 Å². The minimum atomic E-state index is -0.658. The van der Waals surface area contributed by atoms with Gasteiger partial charge in [-0.3, -0.25) is 0 Å². The van der Waals surface area contributed by atoms with Gasteiger partial charge in [-0.05, 0) is 43.4 Å². The Morgan fingerprint density at radius 2 is 1.50 bits per heavy atom. The van der Waals surface area contributed by atoms with Gasteiger partial charge in [-0.1, -0.05) is 78.9 Å². The van der Waals surface area contributed by atoms with Crippen LogP contribution in [0.5, 0.6) is 5.75 Å². The van der Waals surface area contributed by atoms with E-state index in [1.807, 2.05) is 54.6 Å². The highest BCUT2D eigenvalue weighted by molar-refractivity contribution is 5.45. The molecule has 3 aromatic rings. The molecular weight excluding hydrogens is 420 g/mol. The molecule has 0 radical (unpaired) electrons. The van der Waals surface area contributed by atoms with Gasteiger partial charge in [0.2, 0.25) is 0 Å². The number of piperidine rings is 1. The molecule has 5 rings (SSSR count). The minimum absolute atomic E-state index is 0.00476. The van der Waals surface area contributed by atoms with Crippen LogP contribution >= 0.6 is 0 Å². The molecule has 0 amide bonds. The van der Waals surface area contributed by atoms with Crippen LogP contribution in [-0.4, -0.2) is 36.2 Å². The minimum Gasteiger partial charge on any atom is -0.487 e. The second kappa shape index (κ2) is 9.62. The molecule has 1 atom stereocenters. The molecule has 4 heteroatoms. The van der Waals surface area contributed by atoms with E-state index in [0.29, 0.717) is 6.61 Å². The fraction of sp³-hybridized carbons (Fsp3) is 0.367. The largest absolute Gasteiger partial charge is 0.487 e. The van der Waals surface area contributed by atoms with Crippen molar-refractivity contribution in [2.75, 3.05) is 19.6 Å². The van der Waals surface area contributed by atoms with Crippen LogP contribution in [0.4, 0.5) is 0 Å². The third-order valence-electron chi connectivity index (χ3n) is 7.76. The summed E-state index contributed by atoms with van der Waals surface area (Å²) in [4.78, 5) is 2.48. The van der Waals surface area contributed by atoms with E-state index >= 15 is 0 Å². The first kappa shape index (κ1) is 22.7. The smallest absolute Gasteiger partial charge is 0.125 e. The summed E-state index contributed by atoms with van der Waals surface area (Å²) in [5.74, 6) is 0.943. The Hall–Kier alpha value is -3.13. The fourth-order valence-electron chi connectivity index (χ4n) is 5.49. The van der Waals surface area contributed by atoms with Gasteiger partial charge in [0.05, 0.1) is 12.7 Å². The highest BCUT2D eigenvalue weighted by atomic mass is 16.6. The SMILES string of the molecule is CC1Oc2ccccc2COC12CCN(CCC(C#N)(c1ccccc1)c1ccccc1)CC2. The van der Waals surface area contributed by atoms with Crippen LogP contribution in [-0.2, 0) is 16.8 Å². The number of para-hydroxylation sites is 1. The van der Waals surface area contributed by atoms with E-state index < -0.39 is 5.41 Å². The van der Waals surface area contributed by atoms with Gasteiger partial charge in [-0.2, -0.15) is 5.26 Å². The Bertz CT molecular complexity index is 1090. The Balaban J connectivity index is 1.29. The van der Waals surface area contributed by atoms with Gasteiger partial charge < -0.3 is 14.4 Å². The third-order valence-corrected chi connectivity index (χ3v) is 7.76. The van der Waals surface area contributed by atoms with Crippen LogP contribution in [0.25, 0.3) is 0 Å². The molecule has 1 saturated heterocycles. The summed E-state index contributed by atoms with van der Waals surface area (Å²) in [6.45, 7) is 5.48. The second-order valence-electron chi connectivity index (χ2n) is 9.56. The van der Waals surface area contributed by atoms with E-state index in [-0.39, 0.29) is 11.7 Å². The summed E-state index contributed by atoms with van der Waals surface area (Å²) < 4.78 is 12.9. The Kier molecular flexibility index (Phi) is 6.41. The van der Waals surface area contributed by atoms with Crippen molar-refractivity contribution in [2.24, 2.45) is 0 Å². The topological polar surface area (TPSA) is 45.5 Å². The molecule has 0 aromatic heterocycles. The average molecular weight is 453 g/mol. The van der Waals surface area contributed by atoms with Crippen LogP contribution < -0.4 is 4.74 Å². The summed E-state index contributed by atoms with van der Waals surface area (Å²) in [6, 6.07) is 31.3. The van der Waals surface area contributed by atoms with Gasteiger partial charge in [0.25, 0.3) is 0 Å². The monoisotopic (exact) mass is 452 g/mol. The second-order valence-corrected chi connectivity index (χ2v) is 9.56. The van der Waals surface area contributed by atoms with Crippen molar-refractivity contribution >= 4 is 0 Å². The molecule has 1 unspecified atom stereocenters. The first-order valence-corrected chi connectivity index (χ1v) is 12.3. The first-order chi connectivity index (χ1) is 16.7. The molecule has 3 aromatic carbocycles. The van der Waals surface area contributed by atoms with Crippen molar-refractivity contribution in [3.63, 3.8) is 0 Å². The van der Waals surface area contributed by atoms with Crippen molar-refractivity contribution in [3.05, 3.63) is 102 Å². The Morgan fingerprint density at radius 3 is 2.12 bits per heavy atom. The number of likely N-dealkylation sites (tertiary alicyclic amines) is 1. The van der Waals surface area contributed by atoms with Gasteiger partial charge in [0.1, 0.15) is 22.9 Å². The zero-order valence-electron chi connectivity index (χ0n) is 19.8. The Labute approximate surface area is 202 Å². The highest BCUT2D eigenvalue weighted by Crippen LogP contribution is 2.39. The predicted octanol–water partition coefficient (Wildman–Crippen LogP) is 5.72. The van der Waals surface area contributed by atoms with Crippen molar-refractivity contribution < 1.29 is 9.47 Å². The standard InChI is InChI=1S/C30H32N2O2/c1-24-30(33-22-25-10-8-9-15-28(25)34-24)17-20-32(21-18-30)19-16-29(23-31,26-11-4-2-5-12-26)27-13-6-3-7-14-27/h2-15,24H,16-22H2,1H3. The average Bonchev–Trinajstić information content (AvgIpc) is 3.03. The van der Waals surface area contributed by atoms with Crippen molar-refractivity contribution in [1.82, 2.24) is 4.90 Å². The van der Waals surface area contributed by atoms with E-state index in [2.05, 4.69) is 48.2 Å². The normalized spacial score (nSPS) is 20.1. The summed E-state index contributed by atoms with van der Waals surface area (Å²) in [5, 5.41) is 10.5. The molecule has 2 aliphatic heterocycles. The Morgan fingerprint density at radius 1 is 0.912 bits per heavy atom. The maximum Gasteiger partial charge on any atom is 0.125 e. The molecule has 0 bridgehead atoms. The van der Waals surface area contributed by atoms with Crippen molar-refractivity contribution in [2.45, 2.75) is 49.9 Å². The van der Waals surface area contributed by atoms with Crippen LogP contribution in [0.2, 0.25) is 0 Å². The van der Waals surface area contributed by atoms with Gasteiger partial charge in [0.15, 0.2) is 0 Å². The van der Waals surface area contributed by atoms with Gasteiger partial charge in [-0.25, -0.2) is 0 Å².